The van der Waals surface area contributed by atoms with E-state index in [2.05, 4.69) is 5.16 Å². The maximum absolute atomic E-state index is 10.7. The third-order valence-electron chi connectivity index (χ3n) is 2.15. The zero-order valence-electron chi connectivity index (χ0n) is 8.64. The normalized spacial score (nSPS) is 11.8. The van der Waals surface area contributed by atoms with Crippen molar-refractivity contribution in [1.29, 1.82) is 0 Å². The van der Waals surface area contributed by atoms with Gasteiger partial charge in [-0.05, 0) is 11.5 Å². The average molecular weight is 207 g/mol. The van der Waals surface area contributed by atoms with Crippen LogP contribution in [-0.4, -0.2) is 22.0 Å². The molecule has 4 heteroatoms. The topological polar surface area (TPSA) is 69.9 Å². The summed E-state index contributed by atoms with van der Waals surface area (Å²) in [6.07, 6.45) is 0. The molecule has 0 atom stereocenters. The van der Waals surface area contributed by atoms with Crippen molar-refractivity contribution < 1.29 is 15.1 Å². The van der Waals surface area contributed by atoms with Crippen LogP contribution in [0, 0.1) is 0 Å². The van der Waals surface area contributed by atoms with E-state index >= 15 is 0 Å². The summed E-state index contributed by atoms with van der Waals surface area (Å²) in [7, 11) is 0. The Kier molecular flexibility index (Phi) is 3.44. The molecule has 0 radical (unpaired) electrons. The lowest BCUT2D eigenvalue weighted by Gasteiger charge is -2.05. The molecule has 0 unspecified atom stereocenters. The van der Waals surface area contributed by atoms with E-state index in [1.54, 1.807) is 12.1 Å². The quantitative estimate of drug-likeness (QED) is 0.453. The molecular formula is C11H13NO3. The Bertz CT molecular complexity index is 379. The summed E-state index contributed by atoms with van der Waals surface area (Å²) in [6.45, 7) is 4.10. The van der Waals surface area contributed by atoms with Gasteiger partial charge in [-0.15, -0.1) is 0 Å². The summed E-state index contributed by atoms with van der Waals surface area (Å²) in [4.78, 5) is 10.7. The first-order chi connectivity index (χ1) is 7.06. The monoisotopic (exact) mass is 207 g/mol. The molecular weight excluding hydrogens is 194 g/mol. The molecule has 0 spiro atoms. The van der Waals surface area contributed by atoms with Crippen molar-refractivity contribution in [2.24, 2.45) is 5.16 Å². The summed E-state index contributed by atoms with van der Waals surface area (Å²) in [5, 5.41) is 20.0. The van der Waals surface area contributed by atoms with E-state index in [0.717, 1.165) is 5.56 Å². The van der Waals surface area contributed by atoms with Crippen LogP contribution < -0.4 is 0 Å². The number of aliphatic carboxylic acids is 1. The molecule has 0 bridgehead atoms. The van der Waals surface area contributed by atoms with Crippen molar-refractivity contribution in [1.82, 2.24) is 0 Å². The van der Waals surface area contributed by atoms with Crippen molar-refractivity contribution in [3.8, 4) is 0 Å². The molecule has 1 aromatic carbocycles. The third kappa shape index (κ3) is 2.56. The second-order valence-electron chi connectivity index (χ2n) is 3.53. The molecule has 2 N–H and O–H groups in total. The molecule has 0 aromatic heterocycles. The van der Waals surface area contributed by atoms with Gasteiger partial charge in [-0.2, -0.15) is 0 Å². The van der Waals surface area contributed by atoms with Crippen LogP contribution in [-0.2, 0) is 4.79 Å². The zero-order chi connectivity index (χ0) is 11.4. The van der Waals surface area contributed by atoms with Gasteiger partial charge < -0.3 is 10.3 Å². The fourth-order valence-corrected chi connectivity index (χ4v) is 1.25. The van der Waals surface area contributed by atoms with Gasteiger partial charge in [-0.1, -0.05) is 43.3 Å². The second-order valence-corrected chi connectivity index (χ2v) is 3.53. The van der Waals surface area contributed by atoms with Crippen LogP contribution in [0.2, 0.25) is 0 Å². The van der Waals surface area contributed by atoms with E-state index < -0.39 is 5.97 Å². The molecule has 0 aliphatic heterocycles. The number of nitrogens with zero attached hydrogens (tertiary/aromatic N) is 1. The van der Waals surface area contributed by atoms with E-state index in [4.69, 9.17) is 10.3 Å². The Labute approximate surface area is 87.9 Å². The summed E-state index contributed by atoms with van der Waals surface area (Å²) in [5.74, 6) is -0.854. The van der Waals surface area contributed by atoms with E-state index in [1.807, 2.05) is 26.0 Å². The van der Waals surface area contributed by atoms with Crippen LogP contribution in [0.3, 0.4) is 0 Å². The first kappa shape index (κ1) is 11.2. The largest absolute Gasteiger partial charge is 0.476 e. The average Bonchev–Trinajstić information content (AvgIpc) is 2.19. The summed E-state index contributed by atoms with van der Waals surface area (Å²) < 4.78 is 0. The Morgan fingerprint density at radius 2 is 1.80 bits per heavy atom. The number of hydrogen-bond acceptors (Lipinski definition) is 3. The highest BCUT2D eigenvalue weighted by Gasteiger charge is 2.12. The standard InChI is InChI=1S/C11H13NO3/c1-7(2)8-3-5-9(6-4-8)10(12-15)11(13)14/h3-7,15H,1-2H3,(H,13,14). The lowest BCUT2D eigenvalue weighted by atomic mass is 10.0. The van der Waals surface area contributed by atoms with Crippen molar-refractivity contribution in [2.45, 2.75) is 19.8 Å². The molecule has 80 valence electrons. The lowest BCUT2D eigenvalue weighted by molar-refractivity contribution is -0.129. The van der Waals surface area contributed by atoms with E-state index in [1.165, 1.54) is 0 Å². The first-order valence-corrected chi connectivity index (χ1v) is 4.62. The van der Waals surface area contributed by atoms with Gasteiger partial charge in [-0.3, -0.25) is 0 Å². The molecule has 4 nitrogen and oxygen atoms in total. The highest BCUT2D eigenvalue weighted by atomic mass is 16.4. The number of carboxylic acid groups (broad SMARTS) is 1. The molecule has 1 aromatic rings. The maximum Gasteiger partial charge on any atom is 0.358 e. The van der Waals surface area contributed by atoms with E-state index in [0.29, 0.717) is 11.5 Å². The summed E-state index contributed by atoms with van der Waals surface area (Å²) >= 11 is 0. The van der Waals surface area contributed by atoms with Crippen molar-refractivity contribution in [3.63, 3.8) is 0 Å². The van der Waals surface area contributed by atoms with Gasteiger partial charge in [0.15, 0.2) is 5.71 Å². The number of rotatable bonds is 3. The minimum Gasteiger partial charge on any atom is -0.476 e. The number of benzene rings is 1. The fourth-order valence-electron chi connectivity index (χ4n) is 1.25. The molecule has 0 heterocycles. The predicted octanol–water partition coefficient (Wildman–Crippen LogP) is 2.07. The van der Waals surface area contributed by atoms with Gasteiger partial charge in [-0.25, -0.2) is 4.79 Å². The first-order valence-electron chi connectivity index (χ1n) is 4.62. The third-order valence-corrected chi connectivity index (χ3v) is 2.15. The molecule has 0 aliphatic carbocycles. The maximum atomic E-state index is 10.7. The molecule has 0 fully saturated rings. The smallest absolute Gasteiger partial charge is 0.358 e. The highest BCUT2D eigenvalue weighted by molar-refractivity contribution is 6.42. The fraction of sp³-hybridized carbons (Fsp3) is 0.273. The van der Waals surface area contributed by atoms with Gasteiger partial charge in [0.25, 0.3) is 0 Å². The SMILES string of the molecule is CC(C)c1ccc(C(=NO)C(=O)O)cc1. The Morgan fingerprint density at radius 3 is 2.13 bits per heavy atom. The second kappa shape index (κ2) is 4.59. The van der Waals surface area contributed by atoms with Gasteiger partial charge in [0.2, 0.25) is 0 Å². The molecule has 0 aliphatic rings. The lowest BCUT2D eigenvalue weighted by Crippen LogP contribution is -2.14. The summed E-state index contributed by atoms with van der Waals surface area (Å²) in [5.41, 5.74) is 1.17. The van der Waals surface area contributed by atoms with Crippen LogP contribution >= 0.6 is 0 Å². The van der Waals surface area contributed by atoms with Crippen LogP contribution in [0.5, 0.6) is 0 Å². The van der Waals surface area contributed by atoms with E-state index in [-0.39, 0.29) is 5.71 Å². The molecule has 0 saturated heterocycles. The number of carbonyl (C=O) groups is 1. The van der Waals surface area contributed by atoms with Crippen molar-refractivity contribution in [2.75, 3.05) is 0 Å². The minimum absolute atomic E-state index is 0.342. The van der Waals surface area contributed by atoms with E-state index in [9.17, 15) is 4.79 Å². The van der Waals surface area contributed by atoms with Gasteiger partial charge >= 0.3 is 5.97 Å². The van der Waals surface area contributed by atoms with Crippen LogP contribution in [0.4, 0.5) is 0 Å². The van der Waals surface area contributed by atoms with Crippen molar-refractivity contribution in [3.05, 3.63) is 35.4 Å². The van der Waals surface area contributed by atoms with Crippen LogP contribution in [0.1, 0.15) is 30.9 Å². The molecule has 0 amide bonds. The van der Waals surface area contributed by atoms with Crippen LogP contribution in [0.15, 0.2) is 29.4 Å². The Balaban J connectivity index is 3.03. The molecule has 1 rings (SSSR count). The number of hydrogen-bond donors (Lipinski definition) is 2. The predicted molar refractivity (Wildman–Crippen MR) is 56.5 cm³/mol. The van der Waals surface area contributed by atoms with Gasteiger partial charge in [0.1, 0.15) is 0 Å². The van der Waals surface area contributed by atoms with Crippen LogP contribution in [0.25, 0.3) is 0 Å². The summed E-state index contributed by atoms with van der Waals surface area (Å²) in [6, 6.07) is 6.93. The molecule has 15 heavy (non-hydrogen) atoms. The number of carboxylic acids is 1. The Hall–Kier alpha value is -1.84. The Morgan fingerprint density at radius 1 is 1.27 bits per heavy atom. The molecule has 0 saturated carbocycles. The zero-order valence-corrected chi connectivity index (χ0v) is 8.64. The number of oxime groups is 1. The van der Waals surface area contributed by atoms with Crippen molar-refractivity contribution >= 4 is 11.7 Å². The van der Waals surface area contributed by atoms with Gasteiger partial charge in [0.05, 0.1) is 0 Å². The van der Waals surface area contributed by atoms with Gasteiger partial charge in [0, 0.05) is 5.56 Å². The minimum atomic E-state index is -1.24. The highest BCUT2D eigenvalue weighted by Crippen LogP contribution is 2.15.